The Morgan fingerprint density at radius 3 is 3.10 bits per heavy atom. The highest BCUT2D eigenvalue weighted by Gasteiger charge is 2.24. The Hall–Kier alpha value is -1.88. The first-order chi connectivity index (χ1) is 10.2. The zero-order chi connectivity index (χ0) is 14.8. The first-order valence-corrected chi connectivity index (χ1v) is 7.99. The van der Waals surface area contributed by atoms with Crippen molar-refractivity contribution in [3.05, 3.63) is 46.0 Å². The smallest absolute Gasteiger partial charge is 0.358 e. The highest BCUT2D eigenvalue weighted by atomic mass is 32.1. The molecule has 1 aromatic carbocycles. The third-order valence-corrected chi connectivity index (χ3v) is 4.60. The first kappa shape index (κ1) is 14.1. The van der Waals surface area contributed by atoms with Crippen molar-refractivity contribution < 1.29 is 9.53 Å². The van der Waals surface area contributed by atoms with Gasteiger partial charge in [0.15, 0.2) is 10.8 Å². The van der Waals surface area contributed by atoms with Crippen LogP contribution in [0.25, 0.3) is 0 Å². The number of ether oxygens (including phenoxy) is 1. The van der Waals surface area contributed by atoms with E-state index in [2.05, 4.69) is 34.6 Å². The maximum atomic E-state index is 11.8. The van der Waals surface area contributed by atoms with Gasteiger partial charge in [-0.15, -0.1) is 11.3 Å². The fourth-order valence-corrected chi connectivity index (χ4v) is 3.56. The molecule has 4 nitrogen and oxygen atoms in total. The highest BCUT2D eigenvalue weighted by molar-refractivity contribution is 7.15. The summed E-state index contributed by atoms with van der Waals surface area (Å²) >= 11 is 1.51. The lowest BCUT2D eigenvalue weighted by Crippen LogP contribution is -2.09. The van der Waals surface area contributed by atoms with Gasteiger partial charge in [-0.1, -0.05) is 24.3 Å². The fraction of sp³-hybridized carbons (Fsp3) is 0.375. The molecule has 1 aliphatic carbocycles. The summed E-state index contributed by atoms with van der Waals surface area (Å²) in [5.41, 5.74) is 3.16. The van der Waals surface area contributed by atoms with Gasteiger partial charge in [0.2, 0.25) is 0 Å². The summed E-state index contributed by atoms with van der Waals surface area (Å²) in [5.74, 6) is -0.342. The van der Waals surface area contributed by atoms with Crippen LogP contribution in [0, 0.1) is 6.92 Å². The minimum absolute atomic E-state index is 0.279. The molecule has 3 rings (SSSR count). The number of hydrogen-bond acceptors (Lipinski definition) is 5. The number of aryl methyl sites for hydroxylation is 2. The Labute approximate surface area is 128 Å². The van der Waals surface area contributed by atoms with Crippen LogP contribution in [0.5, 0.6) is 0 Å². The molecule has 1 aromatic heterocycles. The van der Waals surface area contributed by atoms with Gasteiger partial charge in [0, 0.05) is 4.88 Å². The monoisotopic (exact) mass is 302 g/mol. The zero-order valence-corrected chi connectivity index (χ0v) is 13.0. The van der Waals surface area contributed by atoms with Crippen LogP contribution < -0.4 is 5.32 Å². The molecule has 0 amide bonds. The van der Waals surface area contributed by atoms with Gasteiger partial charge in [0.25, 0.3) is 0 Å². The van der Waals surface area contributed by atoms with E-state index in [9.17, 15) is 4.79 Å². The minimum Gasteiger partial charge on any atom is -0.461 e. The van der Waals surface area contributed by atoms with E-state index in [0.29, 0.717) is 12.3 Å². The van der Waals surface area contributed by atoms with Gasteiger partial charge in [-0.05, 0) is 37.8 Å². The summed E-state index contributed by atoms with van der Waals surface area (Å²) < 4.78 is 5.03. The number of esters is 1. The van der Waals surface area contributed by atoms with Crippen molar-refractivity contribution in [3.8, 4) is 0 Å². The molecule has 110 valence electrons. The second-order valence-corrected chi connectivity index (χ2v) is 6.28. The summed E-state index contributed by atoms with van der Waals surface area (Å²) in [6.45, 7) is 4.07. The summed E-state index contributed by atoms with van der Waals surface area (Å²) in [7, 11) is 0. The minimum atomic E-state index is -0.342. The summed E-state index contributed by atoms with van der Waals surface area (Å²) in [6, 6.07) is 8.76. The highest BCUT2D eigenvalue weighted by Crippen LogP contribution is 2.35. The Kier molecular flexibility index (Phi) is 3.92. The van der Waals surface area contributed by atoms with Gasteiger partial charge in [0.05, 0.1) is 12.6 Å². The number of thiazole rings is 1. The van der Waals surface area contributed by atoms with E-state index in [-0.39, 0.29) is 12.0 Å². The Bertz CT molecular complexity index is 666. The molecule has 2 aromatic rings. The van der Waals surface area contributed by atoms with Crippen molar-refractivity contribution in [3.63, 3.8) is 0 Å². The van der Waals surface area contributed by atoms with Crippen molar-refractivity contribution in [1.29, 1.82) is 0 Å². The molecular weight excluding hydrogens is 284 g/mol. The van der Waals surface area contributed by atoms with Gasteiger partial charge < -0.3 is 10.1 Å². The van der Waals surface area contributed by atoms with Crippen LogP contribution in [0.3, 0.4) is 0 Å². The second kappa shape index (κ2) is 5.85. The number of benzene rings is 1. The number of nitrogens with zero attached hydrogens (tertiary/aromatic N) is 1. The molecule has 1 heterocycles. The quantitative estimate of drug-likeness (QED) is 0.874. The molecule has 0 radical (unpaired) electrons. The van der Waals surface area contributed by atoms with E-state index >= 15 is 0 Å². The van der Waals surface area contributed by atoms with Crippen molar-refractivity contribution in [2.24, 2.45) is 0 Å². The van der Waals surface area contributed by atoms with Gasteiger partial charge in [0.1, 0.15) is 0 Å². The topological polar surface area (TPSA) is 51.2 Å². The van der Waals surface area contributed by atoms with Crippen molar-refractivity contribution >= 4 is 22.4 Å². The molecule has 0 saturated carbocycles. The predicted octanol–water partition coefficient (Wildman–Crippen LogP) is 3.73. The molecule has 0 fully saturated rings. The van der Waals surface area contributed by atoms with Gasteiger partial charge in [-0.3, -0.25) is 0 Å². The molecule has 1 N–H and O–H groups in total. The van der Waals surface area contributed by atoms with E-state index in [1.807, 2.05) is 6.92 Å². The maximum absolute atomic E-state index is 11.8. The van der Waals surface area contributed by atoms with Crippen LogP contribution in [0.2, 0.25) is 0 Å². The van der Waals surface area contributed by atoms with Crippen LogP contribution in [0.4, 0.5) is 5.13 Å². The molecule has 1 atom stereocenters. The van der Waals surface area contributed by atoms with Gasteiger partial charge >= 0.3 is 5.97 Å². The summed E-state index contributed by atoms with van der Waals surface area (Å²) in [5, 5.41) is 4.24. The van der Waals surface area contributed by atoms with E-state index in [4.69, 9.17) is 4.74 Å². The number of aromatic nitrogens is 1. The molecule has 5 heteroatoms. The normalized spacial score (nSPS) is 16.6. The third-order valence-electron chi connectivity index (χ3n) is 3.70. The number of carbonyl (C=O) groups is 1. The predicted molar refractivity (Wildman–Crippen MR) is 83.9 cm³/mol. The van der Waals surface area contributed by atoms with Crippen molar-refractivity contribution in [1.82, 2.24) is 4.98 Å². The van der Waals surface area contributed by atoms with Crippen LogP contribution in [-0.2, 0) is 11.2 Å². The standard InChI is InChI=1S/C16H18N2O2S/c1-3-20-15(19)14-10(2)21-16(18-14)17-13-9-8-11-6-4-5-7-12(11)13/h4-7,13H,3,8-9H2,1-2H3,(H,17,18). The molecule has 0 saturated heterocycles. The Morgan fingerprint density at radius 2 is 2.29 bits per heavy atom. The van der Waals surface area contributed by atoms with Crippen molar-refractivity contribution in [2.75, 3.05) is 11.9 Å². The number of rotatable bonds is 4. The lowest BCUT2D eigenvalue weighted by molar-refractivity contribution is 0.0519. The van der Waals surface area contributed by atoms with Gasteiger partial charge in [-0.25, -0.2) is 9.78 Å². The average molecular weight is 302 g/mol. The molecule has 1 unspecified atom stereocenters. The number of fused-ring (bicyclic) bond motifs is 1. The first-order valence-electron chi connectivity index (χ1n) is 7.18. The van der Waals surface area contributed by atoms with Crippen LogP contribution in [-0.4, -0.2) is 17.6 Å². The SMILES string of the molecule is CCOC(=O)c1nc(NC2CCc3ccccc32)sc1C. The number of hydrogen-bond donors (Lipinski definition) is 1. The largest absolute Gasteiger partial charge is 0.461 e. The third kappa shape index (κ3) is 2.78. The van der Waals surface area contributed by atoms with Crippen LogP contribution >= 0.6 is 11.3 Å². The van der Waals surface area contributed by atoms with E-state index < -0.39 is 0 Å². The van der Waals surface area contributed by atoms with E-state index in [1.165, 1.54) is 22.5 Å². The lowest BCUT2D eigenvalue weighted by Gasteiger charge is -2.12. The van der Waals surface area contributed by atoms with Crippen LogP contribution in [0.15, 0.2) is 24.3 Å². The fourth-order valence-electron chi connectivity index (χ4n) is 2.70. The molecular formula is C16H18N2O2S. The van der Waals surface area contributed by atoms with Crippen molar-refractivity contribution in [2.45, 2.75) is 32.7 Å². The number of nitrogens with one attached hydrogen (secondary N) is 1. The van der Waals surface area contributed by atoms with Gasteiger partial charge in [-0.2, -0.15) is 0 Å². The molecule has 0 spiro atoms. The Balaban J connectivity index is 1.78. The number of carbonyl (C=O) groups excluding carboxylic acids is 1. The molecule has 1 aliphatic rings. The van der Waals surface area contributed by atoms with E-state index in [1.54, 1.807) is 6.92 Å². The lowest BCUT2D eigenvalue weighted by atomic mass is 10.1. The van der Waals surface area contributed by atoms with Crippen LogP contribution in [0.1, 0.15) is 45.9 Å². The Morgan fingerprint density at radius 1 is 1.48 bits per heavy atom. The zero-order valence-electron chi connectivity index (χ0n) is 12.2. The molecule has 0 bridgehead atoms. The summed E-state index contributed by atoms with van der Waals surface area (Å²) in [6.07, 6.45) is 2.15. The number of anilines is 1. The molecule has 0 aliphatic heterocycles. The average Bonchev–Trinajstić information content (AvgIpc) is 3.04. The summed E-state index contributed by atoms with van der Waals surface area (Å²) in [4.78, 5) is 17.1. The second-order valence-electron chi connectivity index (χ2n) is 5.08. The van der Waals surface area contributed by atoms with E-state index in [0.717, 1.165) is 22.9 Å². The molecule has 21 heavy (non-hydrogen) atoms. The maximum Gasteiger partial charge on any atom is 0.358 e.